The molecule has 1 atom stereocenters. The number of carboxylic acid groups (broad SMARTS) is 1. The second-order valence-corrected chi connectivity index (χ2v) is 4.66. The standard InChI is InChI=1S/C16H15NO4/c1-10-7-8-12(9-13(10)18)15(19)17-14(16(20)21)11-5-3-2-4-6-11/h2-9,14,18H,1H3,(H,17,19)(H,20,21). The number of benzene rings is 2. The number of amides is 1. The number of aliphatic carboxylic acids is 1. The average Bonchev–Trinajstić information content (AvgIpc) is 2.48. The lowest BCUT2D eigenvalue weighted by Gasteiger charge is -2.15. The van der Waals surface area contributed by atoms with E-state index in [4.69, 9.17) is 0 Å². The van der Waals surface area contributed by atoms with Crippen LogP contribution < -0.4 is 5.32 Å². The molecule has 1 unspecified atom stereocenters. The number of aryl methyl sites for hydroxylation is 1. The highest BCUT2D eigenvalue weighted by Gasteiger charge is 2.22. The Hall–Kier alpha value is -2.82. The zero-order chi connectivity index (χ0) is 15.4. The lowest BCUT2D eigenvalue weighted by Crippen LogP contribution is -2.33. The first-order chi connectivity index (χ1) is 9.99. The Morgan fingerprint density at radius 1 is 1.10 bits per heavy atom. The van der Waals surface area contributed by atoms with Gasteiger partial charge in [0.2, 0.25) is 0 Å². The van der Waals surface area contributed by atoms with Gasteiger partial charge in [-0.25, -0.2) is 4.79 Å². The van der Waals surface area contributed by atoms with Gasteiger partial charge in [0, 0.05) is 5.56 Å². The number of carboxylic acids is 1. The van der Waals surface area contributed by atoms with Gasteiger partial charge in [-0.15, -0.1) is 0 Å². The van der Waals surface area contributed by atoms with Crippen LogP contribution in [-0.4, -0.2) is 22.1 Å². The Kier molecular flexibility index (Phi) is 4.23. The van der Waals surface area contributed by atoms with E-state index in [-0.39, 0.29) is 11.3 Å². The molecule has 0 aliphatic carbocycles. The van der Waals surface area contributed by atoms with Crippen molar-refractivity contribution in [2.75, 3.05) is 0 Å². The molecule has 21 heavy (non-hydrogen) atoms. The fourth-order valence-electron chi connectivity index (χ4n) is 1.90. The number of phenolic OH excluding ortho intramolecular Hbond substituents is 1. The van der Waals surface area contributed by atoms with Gasteiger partial charge >= 0.3 is 5.97 Å². The van der Waals surface area contributed by atoms with E-state index in [1.165, 1.54) is 12.1 Å². The Labute approximate surface area is 121 Å². The van der Waals surface area contributed by atoms with E-state index in [0.717, 1.165) is 0 Å². The zero-order valence-corrected chi connectivity index (χ0v) is 11.4. The Bertz CT molecular complexity index is 667. The van der Waals surface area contributed by atoms with Gasteiger partial charge in [-0.2, -0.15) is 0 Å². The number of aromatic hydroxyl groups is 1. The van der Waals surface area contributed by atoms with Crippen LogP contribution in [0.4, 0.5) is 0 Å². The summed E-state index contributed by atoms with van der Waals surface area (Å²) in [5.74, 6) is -1.71. The number of nitrogens with one attached hydrogen (secondary N) is 1. The molecule has 0 heterocycles. The Morgan fingerprint density at radius 2 is 1.76 bits per heavy atom. The van der Waals surface area contributed by atoms with Crippen molar-refractivity contribution in [1.82, 2.24) is 5.32 Å². The fraction of sp³-hybridized carbons (Fsp3) is 0.125. The highest BCUT2D eigenvalue weighted by atomic mass is 16.4. The van der Waals surface area contributed by atoms with Gasteiger partial charge in [0.25, 0.3) is 5.91 Å². The van der Waals surface area contributed by atoms with Crippen LogP contribution in [0, 0.1) is 6.92 Å². The molecular formula is C16H15NO4. The minimum absolute atomic E-state index is 0.00534. The molecule has 3 N–H and O–H groups in total. The molecule has 0 saturated heterocycles. The van der Waals surface area contributed by atoms with Crippen LogP contribution in [0.2, 0.25) is 0 Å². The SMILES string of the molecule is Cc1ccc(C(=O)NC(C(=O)O)c2ccccc2)cc1O. The van der Waals surface area contributed by atoms with Gasteiger partial charge in [-0.05, 0) is 30.2 Å². The summed E-state index contributed by atoms with van der Waals surface area (Å²) in [6.07, 6.45) is 0. The summed E-state index contributed by atoms with van der Waals surface area (Å²) < 4.78 is 0. The largest absolute Gasteiger partial charge is 0.508 e. The second kappa shape index (κ2) is 6.09. The van der Waals surface area contributed by atoms with Crippen molar-refractivity contribution >= 4 is 11.9 Å². The smallest absolute Gasteiger partial charge is 0.330 e. The van der Waals surface area contributed by atoms with E-state index >= 15 is 0 Å². The molecule has 5 heteroatoms. The first-order valence-corrected chi connectivity index (χ1v) is 6.37. The van der Waals surface area contributed by atoms with Crippen LogP contribution in [-0.2, 0) is 4.79 Å². The van der Waals surface area contributed by atoms with Crippen molar-refractivity contribution < 1.29 is 19.8 Å². The summed E-state index contributed by atoms with van der Waals surface area (Å²) >= 11 is 0. The number of hydrogen-bond acceptors (Lipinski definition) is 3. The molecule has 0 spiro atoms. The third-order valence-electron chi connectivity index (χ3n) is 3.13. The predicted molar refractivity (Wildman–Crippen MR) is 77.1 cm³/mol. The van der Waals surface area contributed by atoms with E-state index in [2.05, 4.69) is 5.32 Å². The molecule has 108 valence electrons. The molecular weight excluding hydrogens is 270 g/mol. The number of carbonyl (C=O) groups excluding carboxylic acids is 1. The molecule has 2 rings (SSSR count). The van der Waals surface area contributed by atoms with Gasteiger partial charge < -0.3 is 15.5 Å². The van der Waals surface area contributed by atoms with Crippen LogP contribution in [0.3, 0.4) is 0 Å². The van der Waals surface area contributed by atoms with E-state index in [1.807, 2.05) is 0 Å². The first kappa shape index (κ1) is 14.6. The van der Waals surface area contributed by atoms with Gasteiger partial charge in [0.05, 0.1) is 0 Å². The average molecular weight is 285 g/mol. The summed E-state index contributed by atoms with van der Waals surface area (Å²) in [6, 6.07) is 11.7. The second-order valence-electron chi connectivity index (χ2n) is 4.66. The lowest BCUT2D eigenvalue weighted by atomic mass is 10.1. The van der Waals surface area contributed by atoms with Gasteiger partial charge in [0.15, 0.2) is 6.04 Å². The molecule has 0 radical (unpaired) electrons. The number of phenols is 1. The molecule has 0 bridgehead atoms. The summed E-state index contributed by atoms with van der Waals surface area (Å²) in [6.45, 7) is 1.71. The summed E-state index contributed by atoms with van der Waals surface area (Å²) in [5, 5.41) is 21.3. The number of rotatable bonds is 4. The topological polar surface area (TPSA) is 86.6 Å². The maximum atomic E-state index is 12.1. The summed E-state index contributed by atoms with van der Waals surface area (Å²) in [4.78, 5) is 23.4. The Balaban J connectivity index is 2.23. The third-order valence-corrected chi connectivity index (χ3v) is 3.13. The molecule has 5 nitrogen and oxygen atoms in total. The summed E-state index contributed by atoms with van der Waals surface area (Å²) in [5.41, 5.74) is 1.33. The van der Waals surface area contributed by atoms with E-state index in [0.29, 0.717) is 11.1 Å². The highest BCUT2D eigenvalue weighted by Crippen LogP contribution is 2.19. The zero-order valence-electron chi connectivity index (χ0n) is 11.4. The maximum Gasteiger partial charge on any atom is 0.330 e. The highest BCUT2D eigenvalue weighted by molar-refractivity contribution is 5.97. The molecule has 0 aliphatic heterocycles. The van der Waals surface area contributed by atoms with Crippen LogP contribution in [0.1, 0.15) is 27.5 Å². The van der Waals surface area contributed by atoms with Crippen molar-refractivity contribution in [2.45, 2.75) is 13.0 Å². The minimum Gasteiger partial charge on any atom is -0.508 e. The van der Waals surface area contributed by atoms with Gasteiger partial charge in [0.1, 0.15) is 5.75 Å². The molecule has 2 aromatic carbocycles. The quantitative estimate of drug-likeness (QED) is 0.804. The minimum atomic E-state index is -1.15. The van der Waals surface area contributed by atoms with E-state index < -0.39 is 17.9 Å². The van der Waals surface area contributed by atoms with Crippen LogP contribution in [0.25, 0.3) is 0 Å². The normalized spacial score (nSPS) is 11.7. The van der Waals surface area contributed by atoms with Gasteiger partial charge in [-0.1, -0.05) is 36.4 Å². The number of hydrogen-bond donors (Lipinski definition) is 3. The fourth-order valence-corrected chi connectivity index (χ4v) is 1.90. The summed E-state index contributed by atoms with van der Waals surface area (Å²) in [7, 11) is 0. The van der Waals surface area contributed by atoms with E-state index in [1.54, 1.807) is 43.3 Å². The van der Waals surface area contributed by atoms with Crippen LogP contribution >= 0.6 is 0 Å². The predicted octanol–water partition coefficient (Wildman–Crippen LogP) is 2.26. The van der Waals surface area contributed by atoms with Crippen LogP contribution in [0.5, 0.6) is 5.75 Å². The third kappa shape index (κ3) is 3.39. The first-order valence-electron chi connectivity index (χ1n) is 6.37. The van der Waals surface area contributed by atoms with E-state index in [9.17, 15) is 19.8 Å². The van der Waals surface area contributed by atoms with Crippen molar-refractivity contribution in [3.8, 4) is 5.75 Å². The molecule has 1 amide bonds. The van der Waals surface area contributed by atoms with Crippen molar-refractivity contribution in [2.24, 2.45) is 0 Å². The molecule has 0 aromatic heterocycles. The Morgan fingerprint density at radius 3 is 2.33 bits per heavy atom. The lowest BCUT2D eigenvalue weighted by molar-refractivity contribution is -0.139. The molecule has 0 aliphatic rings. The number of carbonyl (C=O) groups is 2. The molecule has 0 fully saturated rings. The molecule has 0 saturated carbocycles. The maximum absolute atomic E-state index is 12.1. The van der Waals surface area contributed by atoms with Crippen molar-refractivity contribution in [1.29, 1.82) is 0 Å². The van der Waals surface area contributed by atoms with Crippen LogP contribution in [0.15, 0.2) is 48.5 Å². The van der Waals surface area contributed by atoms with Crippen molar-refractivity contribution in [3.63, 3.8) is 0 Å². The molecule has 2 aromatic rings. The monoisotopic (exact) mass is 285 g/mol. The van der Waals surface area contributed by atoms with Gasteiger partial charge in [-0.3, -0.25) is 4.79 Å². The van der Waals surface area contributed by atoms with Crippen molar-refractivity contribution in [3.05, 3.63) is 65.2 Å².